The number of hydrogen-bond donors (Lipinski definition) is 0. The van der Waals surface area contributed by atoms with Crippen LogP contribution in [0.1, 0.15) is 81.3 Å². The van der Waals surface area contributed by atoms with E-state index < -0.39 is 40.8 Å². The fourth-order valence-corrected chi connectivity index (χ4v) is 6.09. The molecule has 14 nitrogen and oxygen atoms in total. The van der Waals surface area contributed by atoms with Gasteiger partial charge in [-0.25, -0.2) is 19.9 Å². The van der Waals surface area contributed by atoms with E-state index in [1.807, 2.05) is 36.8 Å². The van der Waals surface area contributed by atoms with Gasteiger partial charge in [0.15, 0.2) is 11.3 Å². The minimum absolute atomic E-state index is 0. The predicted molar refractivity (Wildman–Crippen MR) is 204 cm³/mol. The standard InChI is InChI=1S/2C16H14ClF3N5.C6H8O4.Pt/c2*1-9(2)25-8-22-12-13(23-15(17)24-14(12)25)21-7-10-4-3-5-11(6-10)16(18,19)20;7-4(8)6(5(9)10)2-1-3-6;/h2*3-6,8-9H,7H2,1-2H3;1-3H2,(H,7,8)(H,9,10);/q2*-1;;+4/p-2. The minimum atomic E-state index is -4.39. The zero-order valence-corrected chi connectivity index (χ0v) is 36.2. The summed E-state index contributed by atoms with van der Waals surface area (Å²) in [5, 5.41) is 29.0. The van der Waals surface area contributed by atoms with Gasteiger partial charge in [-0.1, -0.05) is 66.0 Å². The molecule has 1 aliphatic carbocycles. The average Bonchev–Trinajstić information content (AvgIpc) is 3.77. The van der Waals surface area contributed by atoms with Crippen molar-refractivity contribution in [3.63, 3.8) is 0 Å². The van der Waals surface area contributed by atoms with Crippen LogP contribution in [0.4, 0.5) is 38.0 Å². The van der Waals surface area contributed by atoms with E-state index in [2.05, 4.69) is 40.5 Å². The number of carboxylic acid groups (broad SMARTS) is 2. The van der Waals surface area contributed by atoms with Gasteiger partial charge >= 0.3 is 33.4 Å². The van der Waals surface area contributed by atoms with Crippen molar-refractivity contribution in [3.8, 4) is 0 Å². The summed E-state index contributed by atoms with van der Waals surface area (Å²) in [5.74, 6) is -2.52. The monoisotopic (exact) mass is 1070 g/mol. The normalized spacial score (nSPS) is 13.4. The van der Waals surface area contributed by atoms with E-state index in [-0.39, 0.29) is 81.3 Å². The van der Waals surface area contributed by atoms with Crippen LogP contribution in [0.15, 0.2) is 61.2 Å². The van der Waals surface area contributed by atoms with Crippen LogP contribution in [0.25, 0.3) is 33.0 Å². The van der Waals surface area contributed by atoms with Crippen LogP contribution in [0, 0.1) is 5.41 Å². The molecule has 0 saturated heterocycles. The smallest absolute Gasteiger partial charge is 0.549 e. The molecule has 0 N–H and O–H groups in total. The minimum Gasteiger partial charge on any atom is -0.549 e. The van der Waals surface area contributed by atoms with Crippen LogP contribution >= 0.6 is 23.2 Å². The number of aromatic nitrogens is 8. The number of aliphatic carboxylic acids is 2. The molecule has 0 radical (unpaired) electrons. The Morgan fingerprint density at radius 2 is 1.08 bits per heavy atom. The van der Waals surface area contributed by atoms with Gasteiger partial charge in [-0.3, -0.25) is 0 Å². The molecule has 2 aromatic carbocycles. The molecular formula is C38H34Cl2F6N10O4Pt. The molecule has 0 amide bonds. The molecule has 23 heteroatoms. The Bertz CT molecular complexity index is 2330. The quantitative estimate of drug-likeness (QED) is 0.0733. The number of carbonyl (C=O) groups excluding carboxylic acids is 2. The number of hydrogen-bond acceptors (Lipinski definition) is 10. The first kappa shape index (κ1) is 48.6. The van der Waals surface area contributed by atoms with Gasteiger partial charge in [-0.05, 0) is 88.5 Å². The summed E-state index contributed by atoms with van der Waals surface area (Å²) in [6.07, 6.45) is -4.63. The van der Waals surface area contributed by atoms with Crippen LogP contribution in [-0.4, -0.2) is 51.0 Å². The van der Waals surface area contributed by atoms with Gasteiger partial charge in [0.05, 0.1) is 35.7 Å². The summed E-state index contributed by atoms with van der Waals surface area (Å²) >= 11 is 11.9. The second-order valence-electron chi connectivity index (χ2n) is 14.0. The molecule has 1 fully saturated rings. The van der Waals surface area contributed by atoms with Crippen LogP contribution < -0.4 is 10.2 Å². The molecule has 0 unspecified atom stereocenters. The van der Waals surface area contributed by atoms with Gasteiger partial charge in [0.2, 0.25) is 0 Å². The SMILES string of the molecule is CC(C)n1cnc2c([N-]Cc3cccc(C(F)(F)F)c3)nc(Cl)nc21.CC(C)n1cnc2c([N-]Cc3cccc(C(F)(F)F)c3)nc(Cl)nc21.O=C([O-])C1(C(=O)[O-])CCC1.[Pt+4]. The van der Waals surface area contributed by atoms with Crippen LogP contribution in [0.3, 0.4) is 0 Å². The number of rotatable bonds is 10. The Morgan fingerprint density at radius 3 is 1.36 bits per heavy atom. The van der Waals surface area contributed by atoms with Gasteiger partial charge in [-0.2, -0.15) is 26.3 Å². The third kappa shape index (κ3) is 11.6. The molecule has 1 saturated carbocycles. The maximum Gasteiger partial charge on any atom is 4.00 e. The molecule has 4 aromatic heterocycles. The Labute approximate surface area is 368 Å². The summed E-state index contributed by atoms with van der Waals surface area (Å²) in [7, 11) is 0. The zero-order chi connectivity index (χ0) is 44.2. The number of fused-ring (bicyclic) bond motifs is 2. The second kappa shape index (κ2) is 19.8. The van der Waals surface area contributed by atoms with Crippen molar-refractivity contribution in [1.82, 2.24) is 39.0 Å². The summed E-state index contributed by atoms with van der Waals surface area (Å²) in [5.41, 5.74) is -0.252. The topological polar surface area (TPSA) is 196 Å². The first-order chi connectivity index (χ1) is 28.1. The summed E-state index contributed by atoms with van der Waals surface area (Å²) < 4.78 is 80.4. The number of alkyl halides is 6. The second-order valence-corrected chi connectivity index (χ2v) is 14.7. The van der Waals surface area contributed by atoms with E-state index in [0.717, 1.165) is 24.3 Å². The molecule has 61 heavy (non-hydrogen) atoms. The van der Waals surface area contributed by atoms with Gasteiger partial charge in [-0.15, -0.1) is 0 Å². The predicted octanol–water partition coefficient (Wildman–Crippen LogP) is 8.22. The van der Waals surface area contributed by atoms with E-state index in [1.54, 1.807) is 24.8 Å². The fourth-order valence-electron chi connectivity index (χ4n) is 5.77. The molecule has 326 valence electrons. The average molecular weight is 1070 g/mol. The van der Waals surface area contributed by atoms with Gasteiger partial charge in [0.25, 0.3) is 0 Å². The third-order valence-corrected chi connectivity index (χ3v) is 9.52. The van der Waals surface area contributed by atoms with Crippen molar-refractivity contribution in [3.05, 3.63) is 105 Å². The first-order valence-corrected chi connectivity index (χ1v) is 18.8. The van der Waals surface area contributed by atoms with E-state index in [9.17, 15) is 46.1 Å². The number of carboxylic acids is 2. The molecular weight excluding hydrogens is 1040 g/mol. The number of halogens is 8. The number of nitrogens with zero attached hydrogens (tertiary/aromatic N) is 10. The molecule has 0 bridgehead atoms. The van der Waals surface area contributed by atoms with Crippen LogP contribution in [0.2, 0.25) is 10.6 Å². The maximum absolute atomic E-state index is 12.8. The Kier molecular flexibility index (Phi) is 15.7. The fraction of sp³-hybridized carbons (Fsp3) is 0.368. The van der Waals surface area contributed by atoms with Crippen molar-refractivity contribution in [2.24, 2.45) is 5.41 Å². The van der Waals surface area contributed by atoms with E-state index >= 15 is 0 Å². The zero-order valence-electron chi connectivity index (χ0n) is 32.4. The summed E-state index contributed by atoms with van der Waals surface area (Å²) in [6, 6.07) is 10.3. The van der Waals surface area contributed by atoms with Crippen molar-refractivity contribution < 1.29 is 67.2 Å². The summed E-state index contributed by atoms with van der Waals surface area (Å²) in [6.45, 7) is 7.93. The van der Waals surface area contributed by atoms with Gasteiger partial charge in [0.1, 0.15) is 21.6 Å². The van der Waals surface area contributed by atoms with Crippen LogP contribution in [0.5, 0.6) is 0 Å². The first-order valence-electron chi connectivity index (χ1n) is 18.0. The largest absolute Gasteiger partial charge is 4.00 e. The van der Waals surface area contributed by atoms with E-state index in [1.165, 1.54) is 12.1 Å². The van der Waals surface area contributed by atoms with E-state index in [0.29, 0.717) is 39.9 Å². The molecule has 1 aliphatic rings. The number of benzene rings is 2. The van der Waals surface area contributed by atoms with Crippen molar-refractivity contribution in [2.45, 2.75) is 84.5 Å². The van der Waals surface area contributed by atoms with Crippen molar-refractivity contribution >= 4 is 69.1 Å². The number of carbonyl (C=O) groups is 2. The molecule has 6 aromatic rings. The van der Waals surface area contributed by atoms with Gasteiger partial charge < -0.3 is 49.5 Å². The van der Waals surface area contributed by atoms with Crippen molar-refractivity contribution in [2.75, 3.05) is 0 Å². The number of imidazole rings is 2. The van der Waals surface area contributed by atoms with E-state index in [4.69, 9.17) is 23.2 Å². The molecule has 0 aliphatic heterocycles. The Hall–Kier alpha value is -5.07. The molecule has 7 rings (SSSR count). The Balaban J connectivity index is 0.000000217. The summed E-state index contributed by atoms with van der Waals surface area (Å²) in [4.78, 5) is 45.4. The van der Waals surface area contributed by atoms with Crippen LogP contribution in [-0.2, 0) is 56.1 Å². The van der Waals surface area contributed by atoms with Gasteiger partial charge in [0, 0.05) is 17.5 Å². The third-order valence-electron chi connectivity index (χ3n) is 9.18. The van der Waals surface area contributed by atoms with Crippen molar-refractivity contribution in [1.29, 1.82) is 0 Å². The molecule has 0 atom stereocenters. The molecule has 4 heterocycles. The Morgan fingerprint density at radius 1 is 0.705 bits per heavy atom. The maximum atomic E-state index is 12.8. The molecule has 0 spiro atoms.